The van der Waals surface area contributed by atoms with Crippen LogP contribution in [-0.2, 0) is 0 Å². The number of nitrogens with zero attached hydrogens (tertiary/aromatic N) is 1. The van der Waals surface area contributed by atoms with E-state index in [-0.39, 0.29) is 10.9 Å². The standard InChI is InChI=1S/C15H14ClFN2O/c16-10-6-2-5-9(13(10)17)12-14(19-20-15(12)18)11-7-3-1-4-8(7)11/h2,5-8,11H,1,3-4,18H2. The van der Waals surface area contributed by atoms with E-state index in [2.05, 4.69) is 5.16 Å². The number of nitrogen functional groups attached to an aromatic ring is 1. The molecule has 2 aliphatic rings. The molecule has 2 N–H and O–H groups in total. The van der Waals surface area contributed by atoms with E-state index < -0.39 is 5.82 Å². The molecule has 5 heteroatoms. The van der Waals surface area contributed by atoms with Crippen LogP contribution >= 0.6 is 11.6 Å². The molecule has 2 fully saturated rings. The van der Waals surface area contributed by atoms with Crippen LogP contribution in [0, 0.1) is 17.7 Å². The summed E-state index contributed by atoms with van der Waals surface area (Å²) in [4.78, 5) is 0. The van der Waals surface area contributed by atoms with Crippen LogP contribution in [0.15, 0.2) is 22.7 Å². The van der Waals surface area contributed by atoms with Crippen molar-refractivity contribution in [3.8, 4) is 11.1 Å². The molecule has 2 saturated carbocycles. The van der Waals surface area contributed by atoms with Gasteiger partial charge in [-0.15, -0.1) is 0 Å². The van der Waals surface area contributed by atoms with Crippen LogP contribution in [0.1, 0.15) is 30.9 Å². The van der Waals surface area contributed by atoms with Crippen LogP contribution < -0.4 is 5.73 Å². The van der Waals surface area contributed by atoms with E-state index in [4.69, 9.17) is 21.9 Å². The minimum atomic E-state index is -0.462. The molecule has 0 aliphatic heterocycles. The predicted octanol–water partition coefficient (Wildman–Crippen LogP) is 4.23. The van der Waals surface area contributed by atoms with Crippen LogP contribution in [0.25, 0.3) is 11.1 Å². The molecule has 1 aromatic heterocycles. The van der Waals surface area contributed by atoms with Crippen molar-refractivity contribution in [3.05, 3.63) is 34.7 Å². The molecule has 1 aromatic carbocycles. The third kappa shape index (κ3) is 1.61. The normalized spacial score (nSPS) is 27.6. The molecule has 20 heavy (non-hydrogen) atoms. The molecule has 3 nitrogen and oxygen atoms in total. The summed E-state index contributed by atoms with van der Waals surface area (Å²) in [5.41, 5.74) is 7.65. The molecule has 4 rings (SSSR count). The zero-order chi connectivity index (χ0) is 13.9. The fraction of sp³-hybridized carbons (Fsp3) is 0.400. The first-order chi connectivity index (χ1) is 9.68. The van der Waals surface area contributed by atoms with Crippen molar-refractivity contribution in [2.45, 2.75) is 25.2 Å². The highest BCUT2D eigenvalue weighted by Crippen LogP contribution is 2.64. The Bertz CT molecular complexity index is 675. The summed E-state index contributed by atoms with van der Waals surface area (Å²) in [5.74, 6) is 1.42. The topological polar surface area (TPSA) is 52.0 Å². The average molecular weight is 293 g/mol. The highest BCUT2D eigenvalue weighted by Gasteiger charge is 2.55. The van der Waals surface area contributed by atoms with Crippen molar-refractivity contribution in [3.63, 3.8) is 0 Å². The molecule has 0 amide bonds. The van der Waals surface area contributed by atoms with Gasteiger partial charge in [0.1, 0.15) is 5.82 Å². The fourth-order valence-corrected chi connectivity index (χ4v) is 3.91. The monoisotopic (exact) mass is 292 g/mol. The lowest BCUT2D eigenvalue weighted by Gasteiger charge is -2.06. The summed E-state index contributed by atoms with van der Waals surface area (Å²) < 4.78 is 19.4. The van der Waals surface area contributed by atoms with Gasteiger partial charge in [0.25, 0.3) is 0 Å². The minimum Gasteiger partial charge on any atom is -0.367 e. The second kappa shape index (κ2) is 4.22. The van der Waals surface area contributed by atoms with Crippen LogP contribution in [0.4, 0.5) is 10.3 Å². The number of hydrogen-bond acceptors (Lipinski definition) is 3. The highest BCUT2D eigenvalue weighted by atomic mass is 35.5. The van der Waals surface area contributed by atoms with E-state index in [1.54, 1.807) is 12.1 Å². The van der Waals surface area contributed by atoms with Crippen molar-refractivity contribution in [1.82, 2.24) is 5.16 Å². The van der Waals surface area contributed by atoms with Crippen molar-refractivity contribution in [1.29, 1.82) is 0 Å². The van der Waals surface area contributed by atoms with E-state index in [0.717, 1.165) is 5.69 Å². The molecule has 0 saturated heterocycles. The summed E-state index contributed by atoms with van der Waals surface area (Å²) in [6, 6.07) is 4.91. The molecule has 2 unspecified atom stereocenters. The number of halogens is 2. The Kier molecular flexibility index (Phi) is 2.58. The van der Waals surface area contributed by atoms with Gasteiger partial charge in [-0.25, -0.2) is 4.39 Å². The molecular formula is C15H14ClFN2O. The molecule has 0 radical (unpaired) electrons. The first-order valence-corrected chi connectivity index (χ1v) is 7.25. The summed E-state index contributed by atoms with van der Waals surface area (Å²) in [6.07, 6.45) is 3.72. The molecule has 2 aromatic rings. The smallest absolute Gasteiger partial charge is 0.230 e. The Morgan fingerprint density at radius 2 is 2.05 bits per heavy atom. The van der Waals surface area contributed by atoms with Gasteiger partial charge in [0.2, 0.25) is 5.88 Å². The zero-order valence-electron chi connectivity index (χ0n) is 10.8. The van der Waals surface area contributed by atoms with Crippen LogP contribution in [0.3, 0.4) is 0 Å². The predicted molar refractivity (Wildman–Crippen MR) is 74.9 cm³/mol. The Morgan fingerprint density at radius 1 is 1.30 bits per heavy atom. The van der Waals surface area contributed by atoms with Crippen molar-refractivity contribution >= 4 is 17.5 Å². The summed E-state index contributed by atoms with van der Waals surface area (Å²) in [5, 5.41) is 4.19. The SMILES string of the molecule is Nc1onc(C2C3CCCC32)c1-c1cccc(Cl)c1F. The molecule has 1 heterocycles. The van der Waals surface area contributed by atoms with Crippen LogP contribution in [0.2, 0.25) is 5.02 Å². The molecule has 2 atom stereocenters. The second-order valence-corrected chi connectivity index (χ2v) is 6.10. The molecule has 2 aliphatic carbocycles. The third-order valence-corrected chi connectivity index (χ3v) is 4.98. The van der Waals surface area contributed by atoms with Gasteiger partial charge in [-0.2, -0.15) is 0 Å². The number of hydrogen-bond donors (Lipinski definition) is 1. The number of benzene rings is 1. The average Bonchev–Trinajstić information content (AvgIpc) is 2.78. The lowest BCUT2D eigenvalue weighted by molar-refractivity contribution is 0.424. The molecule has 0 spiro atoms. The minimum absolute atomic E-state index is 0.0880. The van der Waals surface area contributed by atoms with Gasteiger partial charge >= 0.3 is 0 Å². The molecule has 0 bridgehead atoms. The van der Waals surface area contributed by atoms with Gasteiger partial charge in [0, 0.05) is 11.5 Å². The van der Waals surface area contributed by atoms with Crippen LogP contribution in [-0.4, -0.2) is 5.16 Å². The van der Waals surface area contributed by atoms with Gasteiger partial charge in [-0.05, 0) is 30.7 Å². The Labute approximate surface area is 120 Å². The van der Waals surface area contributed by atoms with E-state index in [0.29, 0.717) is 28.9 Å². The number of nitrogens with two attached hydrogens (primary N) is 1. The maximum atomic E-state index is 14.2. The van der Waals surface area contributed by atoms with E-state index in [1.165, 1.54) is 25.3 Å². The number of aromatic nitrogens is 1. The molecule has 104 valence electrons. The fourth-order valence-electron chi connectivity index (χ4n) is 3.74. The Hall–Kier alpha value is -1.55. The van der Waals surface area contributed by atoms with E-state index >= 15 is 0 Å². The van der Waals surface area contributed by atoms with Gasteiger partial charge < -0.3 is 10.3 Å². The zero-order valence-corrected chi connectivity index (χ0v) is 11.5. The Morgan fingerprint density at radius 3 is 2.80 bits per heavy atom. The first kappa shape index (κ1) is 12.2. The lowest BCUT2D eigenvalue weighted by atomic mass is 9.99. The lowest BCUT2D eigenvalue weighted by Crippen LogP contribution is -1.95. The van der Waals surface area contributed by atoms with Crippen molar-refractivity contribution in [2.24, 2.45) is 11.8 Å². The van der Waals surface area contributed by atoms with Crippen molar-refractivity contribution in [2.75, 3.05) is 5.73 Å². The summed E-state index contributed by atoms with van der Waals surface area (Å²) in [6.45, 7) is 0. The summed E-state index contributed by atoms with van der Waals surface area (Å²) >= 11 is 5.86. The quantitative estimate of drug-likeness (QED) is 0.901. The maximum Gasteiger partial charge on any atom is 0.230 e. The van der Waals surface area contributed by atoms with Gasteiger partial charge in [-0.3, -0.25) is 0 Å². The third-order valence-electron chi connectivity index (χ3n) is 4.69. The Balaban J connectivity index is 1.82. The van der Waals surface area contributed by atoms with Gasteiger partial charge in [-0.1, -0.05) is 35.3 Å². The molecular weight excluding hydrogens is 279 g/mol. The van der Waals surface area contributed by atoms with E-state index in [1.807, 2.05) is 0 Å². The second-order valence-electron chi connectivity index (χ2n) is 5.69. The van der Waals surface area contributed by atoms with E-state index in [9.17, 15) is 4.39 Å². The maximum absolute atomic E-state index is 14.2. The van der Waals surface area contributed by atoms with Gasteiger partial charge in [0.15, 0.2) is 0 Å². The number of rotatable bonds is 2. The summed E-state index contributed by atoms with van der Waals surface area (Å²) in [7, 11) is 0. The largest absolute Gasteiger partial charge is 0.367 e. The van der Waals surface area contributed by atoms with Gasteiger partial charge in [0.05, 0.1) is 16.3 Å². The van der Waals surface area contributed by atoms with Crippen LogP contribution in [0.5, 0.6) is 0 Å². The van der Waals surface area contributed by atoms with Crippen molar-refractivity contribution < 1.29 is 8.91 Å². The highest BCUT2D eigenvalue weighted by molar-refractivity contribution is 6.31. The number of fused-ring (bicyclic) bond motifs is 1. The number of anilines is 1. The first-order valence-electron chi connectivity index (χ1n) is 6.88.